The first kappa shape index (κ1) is 18.4. The summed E-state index contributed by atoms with van der Waals surface area (Å²) in [6, 6.07) is 25.1. The first-order chi connectivity index (χ1) is 13.6. The number of nitrogens with one attached hydrogen (secondary N) is 1. The highest BCUT2D eigenvalue weighted by Crippen LogP contribution is 2.39. The average molecular weight is 405 g/mol. The summed E-state index contributed by atoms with van der Waals surface area (Å²) in [6.45, 7) is 1.92. The van der Waals surface area contributed by atoms with Crippen molar-refractivity contribution in [2.24, 2.45) is 0 Å². The van der Waals surface area contributed by atoms with E-state index < -0.39 is 0 Å². The normalized spacial score (nSPS) is 10.6. The second-order valence-corrected chi connectivity index (χ2v) is 7.77. The molecule has 1 aromatic heterocycles. The van der Waals surface area contributed by atoms with E-state index in [1.165, 1.54) is 11.3 Å². The van der Waals surface area contributed by atoms with Gasteiger partial charge >= 0.3 is 0 Å². The van der Waals surface area contributed by atoms with E-state index in [1.54, 1.807) is 0 Å². The molecule has 138 valence electrons. The lowest BCUT2D eigenvalue weighted by Gasteiger charge is -2.04. The zero-order valence-electron chi connectivity index (χ0n) is 15.1. The van der Waals surface area contributed by atoms with Crippen LogP contribution in [0.25, 0.3) is 21.7 Å². The molecule has 5 heteroatoms. The Balaban J connectivity index is 1.74. The van der Waals surface area contributed by atoms with Crippen molar-refractivity contribution in [3.05, 3.63) is 95.0 Å². The molecule has 4 aromatic rings. The standard InChI is InChI=1S/C23H17ClN2OS/c1-15-7-5-6-10-19(15)22(27)26-23-25-20(16-8-3-2-4-9-16)21(28-23)17-11-13-18(24)14-12-17/h2-14H,1H3,(H,25,26,27). The van der Waals surface area contributed by atoms with E-state index in [9.17, 15) is 4.79 Å². The molecule has 3 aromatic carbocycles. The molecule has 0 saturated carbocycles. The molecule has 0 aliphatic carbocycles. The van der Waals surface area contributed by atoms with Gasteiger partial charge in [-0.3, -0.25) is 10.1 Å². The fourth-order valence-corrected chi connectivity index (χ4v) is 4.07. The maximum atomic E-state index is 12.7. The molecule has 0 aliphatic rings. The second kappa shape index (κ2) is 7.97. The van der Waals surface area contributed by atoms with Gasteiger partial charge in [0.2, 0.25) is 0 Å². The Kier molecular flexibility index (Phi) is 5.24. The van der Waals surface area contributed by atoms with Crippen LogP contribution in [0.1, 0.15) is 15.9 Å². The van der Waals surface area contributed by atoms with Crippen LogP contribution in [0, 0.1) is 6.92 Å². The van der Waals surface area contributed by atoms with E-state index in [4.69, 9.17) is 16.6 Å². The quantitative estimate of drug-likeness (QED) is 0.411. The summed E-state index contributed by atoms with van der Waals surface area (Å²) in [7, 11) is 0. The Bertz CT molecular complexity index is 1120. The minimum absolute atomic E-state index is 0.158. The van der Waals surface area contributed by atoms with Crippen LogP contribution in [0.5, 0.6) is 0 Å². The molecule has 0 bridgehead atoms. The van der Waals surface area contributed by atoms with E-state index in [2.05, 4.69) is 5.32 Å². The molecule has 0 saturated heterocycles. The molecule has 4 rings (SSSR count). The van der Waals surface area contributed by atoms with Crippen LogP contribution in [0.3, 0.4) is 0 Å². The largest absolute Gasteiger partial charge is 0.298 e. The molecule has 1 heterocycles. The van der Waals surface area contributed by atoms with Crippen molar-refractivity contribution in [2.75, 3.05) is 5.32 Å². The predicted molar refractivity (Wildman–Crippen MR) is 117 cm³/mol. The summed E-state index contributed by atoms with van der Waals surface area (Å²) in [6.07, 6.45) is 0. The third-order valence-electron chi connectivity index (χ3n) is 4.39. The highest BCUT2D eigenvalue weighted by atomic mass is 35.5. The zero-order valence-corrected chi connectivity index (χ0v) is 16.7. The Hall–Kier alpha value is -2.95. The van der Waals surface area contributed by atoms with Gasteiger partial charge in [0.1, 0.15) is 0 Å². The van der Waals surface area contributed by atoms with Gasteiger partial charge in [-0.15, -0.1) is 0 Å². The van der Waals surface area contributed by atoms with Crippen molar-refractivity contribution < 1.29 is 4.79 Å². The number of thiazole rings is 1. The SMILES string of the molecule is Cc1ccccc1C(=O)Nc1nc(-c2ccccc2)c(-c2ccc(Cl)cc2)s1. The molecular weight excluding hydrogens is 388 g/mol. The van der Waals surface area contributed by atoms with Crippen LogP contribution >= 0.6 is 22.9 Å². The molecule has 0 spiro atoms. The number of anilines is 1. The molecule has 0 unspecified atom stereocenters. The smallest absolute Gasteiger partial charge is 0.257 e. The van der Waals surface area contributed by atoms with Gasteiger partial charge in [-0.1, -0.05) is 83.6 Å². The molecule has 1 amide bonds. The summed E-state index contributed by atoms with van der Waals surface area (Å²) in [4.78, 5) is 18.4. The van der Waals surface area contributed by atoms with Gasteiger partial charge in [-0.05, 0) is 36.2 Å². The van der Waals surface area contributed by atoms with Crippen LogP contribution in [0.2, 0.25) is 5.02 Å². The fourth-order valence-electron chi connectivity index (χ4n) is 2.95. The maximum Gasteiger partial charge on any atom is 0.257 e. The van der Waals surface area contributed by atoms with Gasteiger partial charge in [-0.25, -0.2) is 4.98 Å². The Morgan fingerprint density at radius 1 is 0.893 bits per heavy atom. The number of nitrogens with zero attached hydrogens (tertiary/aromatic N) is 1. The van der Waals surface area contributed by atoms with Gasteiger partial charge in [0.05, 0.1) is 10.6 Å². The first-order valence-electron chi connectivity index (χ1n) is 8.81. The average Bonchev–Trinajstić information content (AvgIpc) is 3.13. The van der Waals surface area contributed by atoms with Crippen molar-refractivity contribution in [3.8, 4) is 21.7 Å². The molecule has 0 radical (unpaired) electrons. The zero-order chi connectivity index (χ0) is 19.5. The van der Waals surface area contributed by atoms with E-state index in [0.29, 0.717) is 15.7 Å². The van der Waals surface area contributed by atoms with Gasteiger partial charge in [0.25, 0.3) is 5.91 Å². The minimum atomic E-state index is -0.158. The fraction of sp³-hybridized carbons (Fsp3) is 0.0435. The number of carbonyl (C=O) groups excluding carboxylic acids is 1. The highest BCUT2D eigenvalue weighted by molar-refractivity contribution is 7.19. The maximum absolute atomic E-state index is 12.7. The number of amides is 1. The van der Waals surface area contributed by atoms with Crippen LogP contribution in [-0.2, 0) is 0 Å². The predicted octanol–water partition coefficient (Wildman–Crippen LogP) is 6.69. The lowest BCUT2D eigenvalue weighted by atomic mass is 10.1. The van der Waals surface area contributed by atoms with Gasteiger partial charge < -0.3 is 0 Å². The number of aromatic nitrogens is 1. The second-order valence-electron chi connectivity index (χ2n) is 6.34. The first-order valence-corrected chi connectivity index (χ1v) is 10.0. The Morgan fingerprint density at radius 2 is 1.57 bits per heavy atom. The number of aryl methyl sites for hydroxylation is 1. The number of rotatable bonds is 4. The van der Waals surface area contributed by atoms with Gasteiger partial charge in [-0.2, -0.15) is 0 Å². The summed E-state index contributed by atoms with van der Waals surface area (Å²) in [5.74, 6) is -0.158. The summed E-state index contributed by atoms with van der Waals surface area (Å²) < 4.78 is 0. The molecular formula is C23H17ClN2OS. The number of hydrogen-bond acceptors (Lipinski definition) is 3. The van der Waals surface area contributed by atoms with E-state index in [1.807, 2.05) is 85.8 Å². The van der Waals surface area contributed by atoms with Crippen molar-refractivity contribution in [1.82, 2.24) is 4.98 Å². The third-order valence-corrected chi connectivity index (χ3v) is 5.66. The lowest BCUT2D eigenvalue weighted by Crippen LogP contribution is -2.12. The van der Waals surface area contributed by atoms with Crippen molar-refractivity contribution in [2.45, 2.75) is 6.92 Å². The highest BCUT2D eigenvalue weighted by Gasteiger charge is 2.17. The van der Waals surface area contributed by atoms with Crippen molar-refractivity contribution >= 4 is 34.0 Å². The van der Waals surface area contributed by atoms with Crippen LogP contribution in [-0.4, -0.2) is 10.9 Å². The number of benzene rings is 3. The Morgan fingerprint density at radius 3 is 2.29 bits per heavy atom. The summed E-state index contributed by atoms with van der Waals surface area (Å²) >= 11 is 7.50. The lowest BCUT2D eigenvalue weighted by molar-refractivity contribution is 0.102. The number of halogens is 1. The Labute approximate surface area is 172 Å². The molecule has 28 heavy (non-hydrogen) atoms. The van der Waals surface area contributed by atoms with E-state index >= 15 is 0 Å². The number of hydrogen-bond donors (Lipinski definition) is 1. The van der Waals surface area contributed by atoms with Gasteiger partial charge in [0, 0.05) is 16.1 Å². The van der Waals surface area contributed by atoms with Crippen LogP contribution < -0.4 is 5.32 Å². The third kappa shape index (κ3) is 3.84. The van der Waals surface area contributed by atoms with Crippen LogP contribution in [0.4, 0.5) is 5.13 Å². The molecule has 0 fully saturated rings. The molecule has 3 nitrogen and oxygen atoms in total. The van der Waals surface area contributed by atoms with Gasteiger partial charge in [0.15, 0.2) is 5.13 Å². The van der Waals surface area contributed by atoms with E-state index in [0.717, 1.165) is 27.3 Å². The van der Waals surface area contributed by atoms with Crippen molar-refractivity contribution in [1.29, 1.82) is 0 Å². The topological polar surface area (TPSA) is 42.0 Å². The summed E-state index contributed by atoms with van der Waals surface area (Å²) in [5.41, 5.74) is 4.43. The summed E-state index contributed by atoms with van der Waals surface area (Å²) in [5, 5.41) is 4.20. The van der Waals surface area contributed by atoms with E-state index in [-0.39, 0.29) is 5.91 Å². The molecule has 1 N–H and O–H groups in total. The monoisotopic (exact) mass is 404 g/mol. The minimum Gasteiger partial charge on any atom is -0.298 e. The number of carbonyl (C=O) groups is 1. The van der Waals surface area contributed by atoms with Crippen molar-refractivity contribution in [3.63, 3.8) is 0 Å². The molecule has 0 atom stereocenters. The molecule has 0 aliphatic heterocycles. The van der Waals surface area contributed by atoms with Crippen LogP contribution in [0.15, 0.2) is 78.9 Å².